The molecule has 1 N–H and O–H groups in total. The van der Waals surface area contributed by atoms with E-state index in [0.29, 0.717) is 29.9 Å². The van der Waals surface area contributed by atoms with Crippen LogP contribution in [0.3, 0.4) is 0 Å². The van der Waals surface area contributed by atoms with Crippen LogP contribution in [0.5, 0.6) is 0 Å². The molecule has 0 saturated heterocycles. The van der Waals surface area contributed by atoms with E-state index in [1.165, 1.54) is 50.3 Å². The Bertz CT molecular complexity index is 1040. The van der Waals surface area contributed by atoms with E-state index < -0.39 is 0 Å². The van der Waals surface area contributed by atoms with Gasteiger partial charge in [-0.05, 0) is 57.6 Å². The minimum Gasteiger partial charge on any atom is -0.342 e. The zero-order valence-electron chi connectivity index (χ0n) is 23.6. The Morgan fingerprint density at radius 3 is 2.08 bits per heavy atom. The van der Waals surface area contributed by atoms with Crippen molar-refractivity contribution in [3.05, 3.63) is 41.2 Å². The topological polar surface area (TPSA) is 80.1 Å². The van der Waals surface area contributed by atoms with E-state index in [1.807, 2.05) is 31.2 Å². The maximum atomic E-state index is 13.7. The van der Waals surface area contributed by atoms with Crippen molar-refractivity contribution in [2.75, 3.05) is 5.75 Å². The normalized spacial score (nSPS) is 17.9. The van der Waals surface area contributed by atoms with Crippen molar-refractivity contribution in [3.63, 3.8) is 0 Å². The van der Waals surface area contributed by atoms with Gasteiger partial charge in [-0.15, -0.1) is 10.2 Å². The summed E-state index contributed by atoms with van der Waals surface area (Å²) in [6.07, 6.45) is 12.0. The molecule has 1 aromatic heterocycles. The van der Waals surface area contributed by atoms with Crippen molar-refractivity contribution in [1.29, 1.82) is 0 Å². The van der Waals surface area contributed by atoms with E-state index in [0.717, 1.165) is 42.2 Å². The third kappa shape index (κ3) is 6.99. The van der Waals surface area contributed by atoms with Crippen LogP contribution in [0, 0.1) is 12.8 Å². The van der Waals surface area contributed by atoms with Gasteiger partial charge in [-0.3, -0.25) is 9.59 Å². The quantitative estimate of drug-likeness (QED) is 0.357. The summed E-state index contributed by atoms with van der Waals surface area (Å²) in [6.45, 7) is 8.91. The SMILES string of the molecule is CCn1c(SCC(=O)N(C2CCCCC2)C2CCCCC2)nnc1[C@H](NC(=O)c1ccc(C)cc1)C(C)C. The lowest BCUT2D eigenvalue weighted by Gasteiger charge is -2.41. The molecule has 2 aliphatic carbocycles. The van der Waals surface area contributed by atoms with Crippen molar-refractivity contribution in [2.24, 2.45) is 5.92 Å². The fourth-order valence-electron chi connectivity index (χ4n) is 6.02. The molecule has 1 heterocycles. The predicted octanol–water partition coefficient (Wildman–Crippen LogP) is 6.32. The predicted molar refractivity (Wildman–Crippen MR) is 153 cm³/mol. The van der Waals surface area contributed by atoms with E-state index in [2.05, 4.69) is 45.8 Å². The van der Waals surface area contributed by atoms with E-state index in [1.54, 1.807) is 0 Å². The number of carbonyl (C=O) groups excluding carboxylic acids is 2. The molecule has 1 atom stereocenters. The number of hydrogen-bond donors (Lipinski definition) is 1. The summed E-state index contributed by atoms with van der Waals surface area (Å²) in [6, 6.07) is 8.10. The summed E-state index contributed by atoms with van der Waals surface area (Å²) < 4.78 is 2.06. The third-order valence-corrected chi connectivity index (χ3v) is 9.11. The van der Waals surface area contributed by atoms with Gasteiger partial charge in [0.2, 0.25) is 5.91 Å². The first-order valence-corrected chi connectivity index (χ1v) is 15.6. The minimum absolute atomic E-state index is 0.116. The van der Waals surface area contributed by atoms with Crippen LogP contribution in [-0.4, -0.2) is 49.3 Å². The van der Waals surface area contributed by atoms with Crippen LogP contribution in [-0.2, 0) is 11.3 Å². The molecule has 2 aliphatic rings. The van der Waals surface area contributed by atoms with Crippen molar-refractivity contribution in [2.45, 2.75) is 122 Å². The van der Waals surface area contributed by atoms with Gasteiger partial charge in [0.05, 0.1) is 11.8 Å². The van der Waals surface area contributed by atoms with Gasteiger partial charge in [0, 0.05) is 24.2 Å². The third-order valence-electron chi connectivity index (χ3n) is 8.16. The highest BCUT2D eigenvalue weighted by molar-refractivity contribution is 7.99. The molecule has 0 bridgehead atoms. The maximum Gasteiger partial charge on any atom is 0.251 e. The van der Waals surface area contributed by atoms with E-state index in [9.17, 15) is 9.59 Å². The Morgan fingerprint density at radius 2 is 1.55 bits per heavy atom. The molecule has 1 aromatic carbocycles. The highest BCUT2D eigenvalue weighted by atomic mass is 32.2. The number of aromatic nitrogens is 3. The molecule has 2 aromatic rings. The largest absolute Gasteiger partial charge is 0.342 e. The minimum atomic E-state index is -0.276. The highest BCUT2D eigenvalue weighted by Crippen LogP contribution is 2.32. The number of benzene rings is 1. The van der Waals surface area contributed by atoms with Crippen LogP contribution in [0.15, 0.2) is 29.4 Å². The van der Waals surface area contributed by atoms with E-state index in [4.69, 9.17) is 0 Å². The van der Waals surface area contributed by atoms with Crippen molar-refractivity contribution < 1.29 is 9.59 Å². The summed E-state index contributed by atoms with van der Waals surface area (Å²) in [5.41, 5.74) is 1.75. The van der Waals surface area contributed by atoms with Crippen molar-refractivity contribution in [3.8, 4) is 0 Å². The number of hydrogen-bond acceptors (Lipinski definition) is 5. The van der Waals surface area contributed by atoms with Crippen LogP contribution in [0.4, 0.5) is 0 Å². The summed E-state index contributed by atoms with van der Waals surface area (Å²) in [7, 11) is 0. The van der Waals surface area contributed by atoms with Crippen molar-refractivity contribution in [1.82, 2.24) is 25.0 Å². The molecule has 4 rings (SSSR count). The summed E-state index contributed by atoms with van der Waals surface area (Å²) in [4.78, 5) is 29.0. The molecule has 7 nitrogen and oxygen atoms in total. The van der Waals surface area contributed by atoms with Gasteiger partial charge in [0.25, 0.3) is 5.91 Å². The number of rotatable bonds is 10. The highest BCUT2D eigenvalue weighted by Gasteiger charge is 2.33. The average molecular weight is 540 g/mol. The molecular formula is C30H45N5O2S. The average Bonchev–Trinajstić information content (AvgIpc) is 3.34. The fourth-order valence-corrected chi connectivity index (χ4v) is 6.90. The molecule has 208 valence electrons. The molecule has 0 aliphatic heterocycles. The second-order valence-electron chi connectivity index (χ2n) is 11.3. The Labute approximate surface area is 232 Å². The Balaban J connectivity index is 1.47. The Hall–Kier alpha value is -2.35. The van der Waals surface area contributed by atoms with Gasteiger partial charge >= 0.3 is 0 Å². The second kappa shape index (κ2) is 13.6. The van der Waals surface area contributed by atoms with Crippen LogP contribution in [0.2, 0.25) is 0 Å². The maximum absolute atomic E-state index is 13.7. The molecule has 2 fully saturated rings. The molecule has 38 heavy (non-hydrogen) atoms. The monoisotopic (exact) mass is 539 g/mol. The van der Waals surface area contributed by atoms with Gasteiger partial charge in [0.1, 0.15) is 0 Å². The summed E-state index contributed by atoms with van der Waals surface area (Å²) >= 11 is 1.49. The zero-order chi connectivity index (χ0) is 27.1. The fraction of sp³-hybridized carbons (Fsp3) is 0.667. The number of thioether (sulfide) groups is 1. The molecular weight excluding hydrogens is 494 g/mol. The van der Waals surface area contributed by atoms with Gasteiger partial charge < -0.3 is 14.8 Å². The van der Waals surface area contributed by atoms with Gasteiger partial charge in [-0.2, -0.15) is 0 Å². The van der Waals surface area contributed by atoms with Crippen molar-refractivity contribution >= 4 is 23.6 Å². The number of aryl methyl sites for hydroxylation is 1. The van der Waals surface area contributed by atoms with Crippen LogP contribution in [0.1, 0.15) is 113 Å². The van der Waals surface area contributed by atoms with E-state index in [-0.39, 0.29) is 23.8 Å². The first-order valence-electron chi connectivity index (χ1n) is 14.6. The lowest BCUT2D eigenvalue weighted by Crippen LogP contribution is -2.49. The molecule has 2 saturated carbocycles. The molecule has 0 unspecified atom stereocenters. The molecule has 0 spiro atoms. The number of nitrogens with zero attached hydrogens (tertiary/aromatic N) is 4. The summed E-state index contributed by atoms with van der Waals surface area (Å²) in [5.74, 6) is 1.39. The van der Waals surface area contributed by atoms with E-state index >= 15 is 0 Å². The van der Waals surface area contributed by atoms with Gasteiger partial charge in [-0.1, -0.05) is 81.8 Å². The summed E-state index contributed by atoms with van der Waals surface area (Å²) in [5, 5.41) is 12.9. The Morgan fingerprint density at radius 1 is 0.974 bits per heavy atom. The van der Waals surface area contributed by atoms with Gasteiger partial charge in [0.15, 0.2) is 11.0 Å². The molecule has 2 amide bonds. The second-order valence-corrected chi connectivity index (χ2v) is 12.3. The van der Waals surface area contributed by atoms with Gasteiger partial charge in [-0.25, -0.2) is 0 Å². The Kier molecular flexibility index (Phi) is 10.3. The first kappa shape index (κ1) is 28.7. The molecule has 0 radical (unpaired) electrons. The first-order chi connectivity index (χ1) is 18.4. The lowest BCUT2D eigenvalue weighted by atomic mass is 9.88. The number of amides is 2. The smallest absolute Gasteiger partial charge is 0.251 e. The zero-order valence-corrected chi connectivity index (χ0v) is 24.4. The van der Waals surface area contributed by atoms with Crippen LogP contribution in [0.25, 0.3) is 0 Å². The standard InChI is InChI=1S/C30H45N5O2S/c1-5-34-28(27(21(2)3)31-29(37)23-18-16-22(4)17-19-23)32-33-30(34)38-20-26(36)35(24-12-8-6-9-13-24)25-14-10-7-11-15-25/h16-19,21,24-25,27H,5-15,20H2,1-4H3,(H,31,37)/t27-/m1/s1. The number of nitrogens with one attached hydrogen (secondary N) is 1. The van der Waals surface area contributed by atoms with Crippen LogP contribution >= 0.6 is 11.8 Å². The lowest BCUT2D eigenvalue weighted by molar-refractivity contribution is -0.135. The number of carbonyl (C=O) groups is 2. The van der Waals surface area contributed by atoms with Crippen LogP contribution < -0.4 is 5.32 Å². The molecule has 8 heteroatoms.